The molecule has 2 aromatic rings. The zero-order chi connectivity index (χ0) is 21.2. The smallest absolute Gasteiger partial charge is 0.336 e. The van der Waals surface area contributed by atoms with Crippen molar-refractivity contribution < 1.29 is 30.8 Å². The average Bonchev–Trinajstić information content (AvgIpc) is 2.67. The second-order valence-corrected chi connectivity index (χ2v) is 9.18. The largest absolute Gasteiger partial charge is 0.446 e. The Balaban J connectivity index is 1.73. The van der Waals surface area contributed by atoms with Gasteiger partial charge < -0.3 is 4.90 Å². The number of hydrogen-bond donors (Lipinski definition) is 0. The Kier molecular flexibility index (Phi) is 6.20. The van der Waals surface area contributed by atoms with Gasteiger partial charge >= 0.3 is 5.51 Å². The number of benzene rings is 2. The molecule has 0 radical (unpaired) electrons. The molecule has 0 aliphatic carbocycles. The molecule has 156 valence electrons. The van der Waals surface area contributed by atoms with Crippen molar-refractivity contribution in [2.45, 2.75) is 15.3 Å². The lowest BCUT2D eigenvalue weighted by Crippen LogP contribution is -2.50. The van der Waals surface area contributed by atoms with Crippen LogP contribution in [-0.2, 0) is 10.0 Å². The number of rotatable bonds is 4. The van der Waals surface area contributed by atoms with Gasteiger partial charge in [0.25, 0.3) is 5.91 Å². The molecule has 29 heavy (non-hydrogen) atoms. The third-order valence-corrected chi connectivity index (χ3v) is 7.06. The van der Waals surface area contributed by atoms with Crippen LogP contribution in [-0.4, -0.2) is 55.2 Å². The number of nitrogens with zero attached hydrogens (tertiary/aromatic N) is 2. The molecule has 2 aromatic carbocycles. The fourth-order valence-corrected chi connectivity index (χ4v) is 5.10. The summed E-state index contributed by atoms with van der Waals surface area (Å²) in [6.45, 7) is -0.205. The van der Waals surface area contributed by atoms with E-state index in [1.165, 1.54) is 41.3 Å². The highest BCUT2D eigenvalue weighted by Crippen LogP contribution is 2.38. The zero-order valence-corrected chi connectivity index (χ0v) is 16.5. The summed E-state index contributed by atoms with van der Waals surface area (Å²) < 4.78 is 78.4. The maximum atomic E-state index is 13.9. The molecule has 0 bridgehead atoms. The van der Waals surface area contributed by atoms with E-state index >= 15 is 0 Å². The highest BCUT2D eigenvalue weighted by molar-refractivity contribution is 8.00. The third kappa shape index (κ3) is 4.90. The van der Waals surface area contributed by atoms with Crippen LogP contribution in [0.4, 0.5) is 17.6 Å². The topological polar surface area (TPSA) is 57.7 Å². The Morgan fingerprint density at radius 1 is 0.931 bits per heavy atom. The van der Waals surface area contributed by atoms with Gasteiger partial charge in [0.05, 0.1) is 5.56 Å². The van der Waals surface area contributed by atoms with Crippen LogP contribution in [0, 0.1) is 5.82 Å². The third-order valence-electron chi connectivity index (χ3n) is 4.32. The maximum absolute atomic E-state index is 13.9. The summed E-state index contributed by atoms with van der Waals surface area (Å²) in [6.07, 6.45) is 0. The van der Waals surface area contributed by atoms with E-state index in [-0.39, 0.29) is 48.4 Å². The Morgan fingerprint density at radius 3 is 2.14 bits per heavy atom. The molecule has 1 fully saturated rings. The predicted octanol–water partition coefficient (Wildman–Crippen LogP) is 3.58. The van der Waals surface area contributed by atoms with Gasteiger partial charge in [-0.2, -0.15) is 17.5 Å². The molecule has 0 spiro atoms. The second-order valence-electron chi connectivity index (χ2n) is 6.17. The summed E-state index contributed by atoms with van der Waals surface area (Å²) in [5, 5.41) is 0. The number of halogens is 4. The van der Waals surface area contributed by atoms with Gasteiger partial charge in [-0.25, -0.2) is 12.8 Å². The van der Waals surface area contributed by atoms with Crippen molar-refractivity contribution in [3.8, 4) is 0 Å². The summed E-state index contributed by atoms with van der Waals surface area (Å²) >= 11 is -0.372. The maximum Gasteiger partial charge on any atom is 0.446 e. The minimum atomic E-state index is -4.54. The van der Waals surface area contributed by atoms with E-state index in [0.717, 1.165) is 16.4 Å². The van der Waals surface area contributed by atoms with E-state index in [0.29, 0.717) is 0 Å². The standard InChI is InChI=1S/C18H16F4N2O3S2/c19-14-6-2-4-8-16(14)29(26,27)24-11-9-23(10-12-24)17(25)13-5-1-3-7-15(13)28-18(20,21)22/h1-8H,9-12H2. The molecule has 1 heterocycles. The summed E-state index contributed by atoms with van der Waals surface area (Å²) in [4.78, 5) is 13.3. The lowest BCUT2D eigenvalue weighted by Gasteiger charge is -2.34. The number of carbonyl (C=O) groups excluding carboxylic acids is 1. The first kappa shape index (κ1) is 21.6. The van der Waals surface area contributed by atoms with Crippen LogP contribution in [0.2, 0.25) is 0 Å². The first-order valence-corrected chi connectivity index (χ1v) is 10.7. The Hall–Kier alpha value is -2.11. The van der Waals surface area contributed by atoms with E-state index in [9.17, 15) is 30.8 Å². The normalized spacial score (nSPS) is 16.1. The minimum absolute atomic E-state index is 0.0163. The number of hydrogen-bond acceptors (Lipinski definition) is 4. The van der Waals surface area contributed by atoms with E-state index in [1.54, 1.807) is 0 Å². The first-order chi connectivity index (χ1) is 13.6. The number of piperazine rings is 1. The molecule has 11 heteroatoms. The number of thioether (sulfide) groups is 1. The number of carbonyl (C=O) groups is 1. The quantitative estimate of drug-likeness (QED) is 0.530. The van der Waals surface area contributed by atoms with Crippen molar-refractivity contribution in [3.63, 3.8) is 0 Å². The predicted molar refractivity (Wildman–Crippen MR) is 99.4 cm³/mol. The Bertz CT molecular complexity index is 1000. The van der Waals surface area contributed by atoms with Gasteiger partial charge in [-0.1, -0.05) is 24.3 Å². The van der Waals surface area contributed by atoms with Gasteiger partial charge in [-0.05, 0) is 36.0 Å². The van der Waals surface area contributed by atoms with E-state index < -0.39 is 32.2 Å². The number of alkyl halides is 3. The minimum Gasteiger partial charge on any atom is -0.336 e. The number of amides is 1. The summed E-state index contributed by atoms with van der Waals surface area (Å²) in [5.74, 6) is -1.48. The van der Waals surface area contributed by atoms with E-state index in [2.05, 4.69) is 0 Å². The molecule has 1 saturated heterocycles. The highest BCUT2D eigenvalue weighted by Gasteiger charge is 2.34. The number of sulfonamides is 1. The second kappa shape index (κ2) is 8.33. The van der Waals surface area contributed by atoms with Crippen LogP contribution in [0.5, 0.6) is 0 Å². The van der Waals surface area contributed by atoms with Gasteiger partial charge in [0, 0.05) is 31.1 Å². The van der Waals surface area contributed by atoms with Crippen molar-refractivity contribution >= 4 is 27.7 Å². The fraction of sp³-hybridized carbons (Fsp3) is 0.278. The molecule has 1 aliphatic rings. The van der Waals surface area contributed by atoms with Crippen molar-refractivity contribution in [1.29, 1.82) is 0 Å². The molecular weight excluding hydrogens is 432 g/mol. The monoisotopic (exact) mass is 448 g/mol. The first-order valence-electron chi connectivity index (χ1n) is 8.48. The summed E-state index contributed by atoms with van der Waals surface area (Å²) in [7, 11) is -4.07. The fourth-order valence-electron chi connectivity index (χ4n) is 2.95. The van der Waals surface area contributed by atoms with Crippen LogP contribution in [0.1, 0.15) is 10.4 Å². The van der Waals surface area contributed by atoms with Gasteiger partial charge in [0.2, 0.25) is 10.0 Å². The SMILES string of the molecule is O=C(c1ccccc1SC(F)(F)F)N1CCN(S(=O)(=O)c2ccccc2F)CC1. The van der Waals surface area contributed by atoms with E-state index in [4.69, 9.17) is 0 Å². The van der Waals surface area contributed by atoms with Crippen LogP contribution >= 0.6 is 11.8 Å². The Labute approximate surface area is 169 Å². The molecule has 0 saturated carbocycles. The average molecular weight is 448 g/mol. The van der Waals surface area contributed by atoms with Crippen LogP contribution in [0.3, 0.4) is 0 Å². The van der Waals surface area contributed by atoms with Gasteiger partial charge in [-0.3, -0.25) is 4.79 Å². The van der Waals surface area contributed by atoms with Crippen molar-refractivity contribution in [2.75, 3.05) is 26.2 Å². The van der Waals surface area contributed by atoms with Crippen molar-refractivity contribution in [3.05, 3.63) is 59.9 Å². The molecule has 1 aliphatic heterocycles. The molecule has 1 amide bonds. The van der Waals surface area contributed by atoms with Crippen molar-refractivity contribution in [1.82, 2.24) is 9.21 Å². The molecule has 0 N–H and O–H groups in total. The molecule has 0 aromatic heterocycles. The summed E-state index contributed by atoms with van der Waals surface area (Å²) in [5.41, 5.74) is -4.64. The van der Waals surface area contributed by atoms with Gasteiger partial charge in [0.15, 0.2) is 0 Å². The van der Waals surface area contributed by atoms with Gasteiger partial charge in [0.1, 0.15) is 10.7 Å². The van der Waals surface area contributed by atoms with E-state index in [1.807, 2.05) is 0 Å². The lowest BCUT2D eigenvalue weighted by molar-refractivity contribution is -0.0328. The molecule has 0 unspecified atom stereocenters. The highest BCUT2D eigenvalue weighted by atomic mass is 32.2. The van der Waals surface area contributed by atoms with Crippen molar-refractivity contribution in [2.24, 2.45) is 0 Å². The molecule has 3 rings (SSSR count). The molecular formula is C18H16F4N2O3S2. The zero-order valence-electron chi connectivity index (χ0n) is 14.9. The van der Waals surface area contributed by atoms with Gasteiger partial charge in [-0.15, -0.1) is 0 Å². The van der Waals surface area contributed by atoms with Crippen LogP contribution in [0.15, 0.2) is 58.3 Å². The van der Waals surface area contributed by atoms with Crippen LogP contribution in [0.25, 0.3) is 0 Å². The summed E-state index contributed by atoms with van der Waals surface area (Å²) in [6, 6.07) is 10.4. The lowest BCUT2D eigenvalue weighted by atomic mass is 10.2. The molecule has 0 atom stereocenters. The van der Waals surface area contributed by atoms with Crippen LogP contribution < -0.4 is 0 Å². The Morgan fingerprint density at radius 2 is 1.52 bits per heavy atom. The molecule has 5 nitrogen and oxygen atoms in total.